The van der Waals surface area contributed by atoms with E-state index in [0.717, 1.165) is 18.1 Å². The average Bonchev–Trinajstić information content (AvgIpc) is 2.96. The second kappa shape index (κ2) is 5.74. The van der Waals surface area contributed by atoms with Crippen molar-refractivity contribution < 1.29 is 4.74 Å². The molecule has 0 amide bonds. The molecule has 1 atom stereocenters. The van der Waals surface area contributed by atoms with E-state index in [2.05, 4.69) is 18.4 Å². The van der Waals surface area contributed by atoms with Crippen LogP contribution in [0.5, 0.6) is 0 Å². The van der Waals surface area contributed by atoms with Gasteiger partial charge in [0.15, 0.2) is 0 Å². The monoisotopic (exact) mass is 251 g/mol. The average molecular weight is 251 g/mol. The molecule has 0 bridgehead atoms. The zero-order valence-corrected chi connectivity index (χ0v) is 11.8. The smallest absolute Gasteiger partial charge is 0.127 e. The molecule has 18 heavy (non-hydrogen) atoms. The highest BCUT2D eigenvalue weighted by atomic mass is 16.5. The Morgan fingerprint density at radius 2 is 2.11 bits per heavy atom. The number of nitrogen functional groups attached to an aromatic ring is 1. The lowest BCUT2D eigenvalue weighted by Gasteiger charge is -2.11. The summed E-state index contributed by atoms with van der Waals surface area (Å²) >= 11 is 0. The number of nitrogens with zero attached hydrogens (tertiary/aromatic N) is 2. The van der Waals surface area contributed by atoms with Gasteiger partial charge in [0.05, 0.1) is 12.3 Å². The molecular weight excluding hydrogens is 226 g/mol. The number of imidazole rings is 1. The van der Waals surface area contributed by atoms with Crippen molar-refractivity contribution in [3.63, 3.8) is 0 Å². The Balaban J connectivity index is 2.31. The maximum atomic E-state index is 6.26. The maximum Gasteiger partial charge on any atom is 0.127 e. The van der Waals surface area contributed by atoms with Crippen LogP contribution in [0.3, 0.4) is 0 Å². The summed E-state index contributed by atoms with van der Waals surface area (Å²) in [6.45, 7) is 5.85. The first-order valence-corrected chi connectivity index (χ1v) is 7.03. The molecule has 1 unspecified atom stereocenters. The summed E-state index contributed by atoms with van der Waals surface area (Å²) in [7, 11) is 1.72. The fourth-order valence-electron chi connectivity index (χ4n) is 3.02. The fourth-order valence-corrected chi connectivity index (χ4v) is 3.02. The summed E-state index contributed by atoms with van der Waals surface area (Å²) in [5, 5.41) is 0. The molecular formula is C14H25N3O. The number of hydrogen-bond donors (Lipinski definition) is 1. The molecule has 1 aliphatic rings. The molecule has 0 radical (unpaired) electrons. The maximum absolute atomic E-state index is 6.26. The van der Waals surface area contributed by atoms with Crippen molar-refractivity contribution >= 4 is 5.82 Å². The van der Waals surface area contributed by atoms with Crippen LogP contribution in [-0.4, -0.2) is 23.3 Å². The standard InChI is InChI=1S/C14H25N3O/c1-4-17-13(15)12(10(2)9-18-3)16-14(17)11-7-5-6-8-11/h10-11H,4-9,15H2,1-3H3. The van der Waals surface area contributed by atoms with Crippen molar-refractivity contribution in [2.75, 3.05) is 19.5 Å². The summed E-state index contributed by atoms with van der Waals surface area (Å²) in [4.78, 5) is 4.84. The third-order valence-electron chi connectivity index (χ3n) is 3.98. The number of aromatic nitrogens is 2. The van der Waals surface area contributed by atoms with Gasteiger partial charge in [-0.15, -0.1) is 0 Å². The van der Waals surface area contributed by atoms with Gasteiger partial charge >= 0.3 is 0 Å². The van der Waals surface area contributed by atoms with E-state index >= 15 is 0 Å². The molecule has 2 rings (SSSR count). The van der Waals surface area contributed by atoms with Gasteiger partial charge < -0.3 is 15.0 Å². The van der Waals surface area contributed by atoms with Gasteiger partial charge in [-0.05, 0) is 19.8 Å². The number of methoxy groups -OCH3 is 1. The highest BCUT2D eigenvalue weighted by Crippen LogP contribution is 2.36. The minimum atomic E-state index is 0.267. The molecule has 102 valence electrons. The van der Waals surface area contributed by atoms with Gasteiger partial charge in [0, 0.05) is 25.5 Å². The SMILES string of the molecule is CCn1c(C2CCCC2)nc(C(C)COC)c1N. The van der Waals surface area contributed by atoms with Crippen LogP contribution < -0.4 is 5.73 Å². The van der Waals surface area contributed by atoms with Crippen LogP contribution in [0.4, 0.5) is 5.82 Å². The first-order valence-electron chi connectivity index (χ1n) is 7.03. The number of anilines is 1. The Morgan fingerprint density at radius 3 is 2.67 bits per heavy atom. The van der Waals surface area contributed by atoms with E-state index in [0.29, 0.717) is 12.5 Å². The van der Waals surface area contributed by atoms with Gasteiger partial charge in [-0.1, -0.05) is 19.8 Å². The van der Waals surface area contributed by atoms with E-state index in [9.17, 15) is 0 Å². The third-order valence-corrected chi connectivity index (χ3v) is 3.98. The predicted molar refractivity (Wildman–Crippen MR) is 73.8 cm³/mol. The molecule has 2 N–H and O–H groups in total. The van der Waals surface area contributed by atoms with E-state index in [1.165, 1.54) is 31.5 Å². The van der Waals surface area contributed by atoms with Crippen molar-refractivity contribution in [1.82, 2.24) is 9.55 Å². The van der Waals surface area contributed by atoms with E-state index in [1.807, 2.05) is 0 Å². The fraction of sp³-hybridized carbons (Fsp3) is 0.786. The van der Waals surface area contributed by atoms with Crippen LogP contribution in [-0.2, 0) is 11.3 Å². The van der Waals surface area contributed by atoms with Gasteiger partial charge in [-0.25, -0.2) is 4.98 Å². The molecule has 0 spiro atoms. The van der Waals surface area contributed by atoms with E-state index in [4.69, 9.17) is 15.5 Å². The number of rotatable bonds is 5. The van der Waals surface area contributed by atoms with Crippen LogP contribution in [0, 0.1) is 0 Å². The molecule has 4 heteroatoms. The minimum Gasteiger partial charge on any atom is -0.384 e. The van der Waals surface area contributed by atoms with E-state index in [-0.39, 0.29) is 5.92 Å². The van der Waals surface area contributed by atoms with Crippen molar-refractivity contribution in [3.05, 3.63) is 11.5 Å². The normalized spacial score (nSPS) is 18.4. The zero-order chi connectivity index (χ0) is 13.1. The second-order valence-electron chi connectivity index (χ2n) is 5.32. The first kappa shape index (κ1) is 13.4. The molecule has 0 aliphatic heterocycles. The molecule has 4 nitrogen and oxygen atoms in total. The Kier molecular flexibility index (Phi) is 4.27. The predicted octanol–water partition coefficient (Wildman–Crippen LogP) is 2.89. The van der Waals surface area contributed by atoms with Crippen LogP contribution in [0.1, 0.15) is 62.9 Å². The zero-order valence-electron chi connectivity index (χ0n) is 11.8. The summed E-state index contributed by atoms with van der Waals surface area (Å²) in [5.41, 5.74) is 7.27. The van der Waals surface area contributed by atoms with Gasteiger partial charge in [-0.2, -0.15) is 0 Å². The number of nitrogens with two attached hydrogens (primary N) is 1. The third kappa shape index (κ3) is 2.39. The lowest BCUT2D eigenvalue weighted by molar-refractivity contribution is 0.183. The Morgan fingerprint density at radius 1 is 1.44 bits per heavy atom. The summed E-state index contributed by atoms with van der Waals surface area (Å²) in [6, 6.07) is 0. The Hall–Kier alpha value is -1.03. The number of hydrogen-bond acceptors (Lipinski definition) is 3. The van der Waals surface area contributed by atoms with Crippen molar-refractivity contribution in [3.8, 4) is 0 Å². The van der Waals surface area contributed by atoms with Crippen LogP contribution in [0.2, 0.25) is 0 Å². The van der Waals surface area contributed by atoms with E-state index < -0.39 is 0 Å². The van der Waals surface area contributed by atoms with Gasteiger partial charge in [0.2, 0.25) is 0 Å². The molecule has 1 aliphatic carbocycles. The Labute approximate surface area is 110 Å². The summed E-state index contributed by atoms with van der Waals surface area (Å²) in [5.74, 6) is 2.91. The van der Waals surface area contributed by atoms with E-state index in [1.54, 1.807) is 7.11 Å². The largest absolute Gasteiger partial charge is 0.384 e. The molecule has 1 fully saturated rings. The molecule has 1 saturated carbocycles. The van der Waals surface area contributed by atoms with Gasteiger partial charge in [-0.3, -0.25) is 0 Å². The minimum absolute atomic E-state index is 0.267. The van der Waals surface area contributed by atoms with Crippen LogP contribution >= 0.6 is 0 Å². The first-order chi connectivity index (χ1) is 8.69. The number of ether oxygens (including phenoxy) is 1. The van der Waals surface area contributed by atoms with Crippen LogP contribution in [0.25, 0.3) is 0 Å². The van der Waals surface area contributed by atoms with Crippen molar-refractivity contribution in [2.45, 2.75) is 57.9 Å². The summed E-state index contributed by atoms with van der Waals surface area (Å²) < 4.78 is 7.41. The molecule has 1 aromatic heterocycles. The van der Waals surface area contributed by atoms with Gasteiger partial charge in [0.25, 0.3) is 0 Å². The quantitative estimate of drug-likeness (QED) is 0.875. The van der Waals surface area contributed by atoms with Crippen molar-refractivity contribution in [2.24, 2.45) is 0 Å². The lowest BCUT2D eigenvalue weighted by Crippen LogP contribution is -2.09. The topological polar surface area (TPSA) is 53.1 Å². The molecule has 0 aromatic carbocycles. The summed E-state index contributed by atoms with van der Waals surface area (Å²) in [6.07, 6.45) is 5.16. The highest BCUT2D eigenvalue weighted by molar-refractivity contribution is 5.41. The van der Waals surface area contributed by atoms with Crippen LogP contribution in [0.15, 0.2) is 0 Å². The lowest BCUT2D eigenvalue weighted by atomic mass is 10.1. The second-order valence-corrected chi connectivity index (χ2v) is 5.32. The highest BCUT2D eigenvalue weighted by Gasteiger charge is 2.26. The molecule has 0 saturated heterocycles. The van der Waals surface area contributed by atoms with Crippen molar-refractivity contribution in [1.29, 1.82) is 0 Å². The molecule has 1 heterocycles. The molecule has 1 aromatic rings. The Bertz CT molecular complexity index is 394. The van der Waals surface area contributed by atoms with Gasteiger partial charge in [0.1, 0.15) is 11.6 Å².